The predicted octanol–water partition coefficient (Wildman–Crippen LogP) is 5.31. The fourth-order valence-electron chi connectivity index (χ4n) is 3.44. The van der Waals surface area contributed by atoms with E-state index in [9.17, 15) is 4.79 Å². The Morgan fingerprint density at radius 3 is 2.59 bits per heavy atom. The van der Waals surface area contributed by atoms with Gasteiger partial charge in [-0.15, -0.1) is 0 Å². The molecule has 0 fully saturated rings. The minimum Gasteiger partial charge on any atom is -0.322 e. The van der Waals surface area contributed by atoms with Gasteiger partial charge in [-0.1, -0.05) is 48.0 Å². The first kappa shape index (κ1) is 19.2. The van der Waals surface area contributed by atoms with Crippen LogP contribution < -0.4 is 5.32 Å². The number of aromatic nitrogens is 3. The third kappa shape index (κ3) is 3.87. The third-order valence-corrected chi connectivity index (χ3v) is 5.11. The van der Waals surface area contributed by atoms with Gasteiger partial charge in [0.25, 0.3) is 5.91 Å². The van der Waals surface area contributed by atoms with Gasteiger partial charge in [0.2, 0.25) is 0 Å². The summed E-state index contributed by atoms with van der Waals surface area (Å²) in [5, 5.41) is 8.99. The number of rotatable bonds is 4. The number of aryl methyl sites for hydroxylation is 3. The zero-order chi connectivity index (χ0) is 20.5. The molecule has 29 heavy (non-hydrogen) atoms. The van der Waals surface area contributed by atoms with Gasteiger partial charge in [-0.3, -0.25) is 4.79 Å². The van der Waals surface area contributed by atoms with Crippen LogP contribution in [0, 0.1) is 20.8 Å². The van der Waals surface area contributed by atoms with Crippen molar-refractivity contribution >= 4 is 34.2 Å². The van der Waals surface area contributed by atoms with Crippen molar-refractivity contribution in [1.29, 1.82) is 0 Å². The van der Waals surface area contributed by atoms with Crippen molar-refractivity contribution in [3.8, 4) is 0 Å². The fraction of sp³-hybridized carbons (Fsp3) is 0.174. The molecule has 5 nitrogen and oxygen atoms in total. The molecule has 1 amide bonds. The monoisotopic (exact) mass is 404 g/mol. The van der Waals surface area contributed by atoms with Crippen molar-refractivity contribution in [3.05, 3.63) is 87.7 Å². The highest BCUT2D eigenvalue weighted by Crippen LogP contribution is 2.26. The van der Waals surface area contributed by atoms with Gasteiger partial charge in [0.15, 0.2) is 5.65 Å². The number of hydrogen-bond acceptors (Lipinski definition) is 3. The highest BCUT2D eigenvalue weighted by atomic mass is 35.5. The first-order chi connectivity index (χ1) is 13.9. The van der Waals surface area contributed by atoms with E-state index in [-0.39, 0.29) is 5.91 Å². The second-order valence-electron chi connectivity index (χ2n) is 7.15. The first-order valence-electron chi connectivity index (χ1n) is 9.38. The first-order valence-corrected chi connectivity index (χ1v) is 9.76. The van der Waals surface area contributed by atoms with E-state index in [4.69, 9.17) is 11.6 Å². The van der Waals surface area contributed by atoms with Gasteiger partial charge >= 0.3 is 0 Å². The van der Waals surface area contributed by atoms with Gasteiger partial charge in [0.05, 0.1) is 23.2 Å². The lowest BCUT2D eigenvalue weighted by molar-refractivity contribution is 0.102. The quantitative estimate of drug-likeness (QED) is 0.501. The standard InChI is InChI=1S/C23H21ClN4O/c1-14-9-10-18(24)12-20(14)26-23(29)19-11-15(2)25-22-21(19)16(3)27-28(22)13-17-7-5-4-6-8-17/h4-12H,13H2,1-3H3,(H,26,29). The van der Waals surface area contributed by atoms with Crippen LogP contribution in [0.2, 0.25) is 5.02 Å². The van der Waals surface area contributed by atoms with E-state index in [1.165, 1.54) is 0 Å². The molecule has 0 aliphatic carbocycles. The lowest BCUT2D eigenvalue weighted by Gasteiger charge is -2.11. The molecule has 4 aromatic rings. The molecule has 0 saturated heterocycles. The van der Waals surface area contributed by atoms with Crippen molar-refractivity contribution in [1.82, 2.24) is 14.8 Å². The zero-order valence-electron chi connectivity index (χ0n) is 16.5. The Bertz CT molecular complexity index is 1210. The minimum absolute atomic E-state index is 0.201. The molecule has 2 aromatic carbocycles. The van der Waals surface area contributed by atoms with E-state index in [1.807, 2.05) is 61.9 Å². The van der Waals surface area contributed by atoms with Gasteiger partial charge in [0.1, 0.15) is 0 Å². The average molecular weight is 405 g/mol. The van der Waals surface area contributed by atoms with Crippen LogP contribution in [0.25, 0.3) is 11.0 Å². The summed E-state index contributed by atoms with van der Waals surface area (Å²) in [4.78, 5) is 17.8. The number of carbonyl (C=O) groups is 1. The third-order valence-electron chi connectivity index (χ3n) is 4.87. The Labute approximate surface area is 174 Å². The number of halogens is 1. The van der Waals surface area contributed by atoms with Crippen LogP contribution in [-0.4, -0.2) is 20.7 Å². The van der Waals surface area contributed by atoms with Gasteiger partial charge in [-0.2, -0.15) is 5.10 Å². The van der Waals surface area contributed by atoms with Crippen LogP contribution in [-0.2, 0) is 6.54 Å². The summed E-state index contributed by atoms with van der Waals surface area (Å²) in [6.07, 6.45) is 0. The number of pyridine rings is 1. The van der Waals surface area contributed by atoms with Crippen molar-refractivity contribution in [2.75, 3.05) is 5.32 Å². The van der Waals surface area contributed by atoms with E-state index in [1.54, 1.807) is 18.2 Å². The molecule has 1 N–H and O–H groups in total. The molecule has 0 aliphatic heterocycles. The van der Waals surface area contributed by atoms with Crippen LogP contribution in [0.4, 0.5) is 5.69 Å². The van der Waals surface area contributed by atoms with E-state index in [0.717, 1.165) is 27.9 Å². The molecular formula is C23H21ClN4O. The second kappa shape index (κ2) is 7.68. The Morgan fingerprint density at radius 1 is 1.07 bits per heavy atom. The highest BCUT2D eigenvalue weighted by Gasteiger charge is 2.19. The molecular weight excluding hydrogens is 384 g/mol. The van der Waals surface area contributed by atoms with E-state index >= 15 is 0 Å². The normalized spacial score (nSPS) is 11.0. The van der Waals surface area contributed by atoms with Crippen LogP contribution in [0.1, 0.15) is 32.9 Å². The summed E-state index contributed by atoms with van der Waals surface area (Å²) in [6, 6.07) is 17.3. The maximum Gasteiger partial charge on any atom is 0.256 e. The molecule has 4 rings (SSSR count). The molecule has 0 aliphatic rings. The van der Waals surface area contributed by atoms with E-state index in [2.05, 4.69) is 15.4 Å². The number of fused-ring (bicyclic) bond motifs is 1. The van der Waals surface area contributed by atoms with Crippen LogP contribution in [0.15, 0.2) is 54.6 Å². The lowest BCUT2D eigenvalue weighted by Crippen LogP contribution is -2.14. The zero-order valence-corrected chi connectivity index (χ0v) is 17.3. The molecule has 2 aromatic heterocycles. The summed E-state index contributed by atoms with van der Waals surface area (Å²) < 4.78 is 1.86. The fourth-order valence-corrected chi connectivity index (χ4v) is 3.61. The van der Waals surface area contributed by atoms with Crippen LogP contribution >= 0.6 is 11.6 Å². The van der Waals surface area contributed by atoms with E-state index in [0.29, 0.717) is 28.5 Å². The Kier molecular flexibility index (Phi) is 5.07. The summed E-state index contributed by atoms with van der Waals surface area (Å²) in [5.41, 5.74) is 5.57. The number of carbonyl (C=O) groups excluding carboxylic acids is 1. The Morgan fingerprint density at radius 2 is 1.83 bits per heavy atom. The van der Waals surface area contributed by atoms with Crippen LogP contribution in [0.3, 0.4) is 0 Å². The maximum atomic E-state index is 13.1. The topological polar surface area (TPSA) is 59.8 Å². The Hall–Kier alpha value is -3.18. The van der Waals surface area contributed by atoms with Gasteiger partial charge in [-0.05, 0) is 50.1 Å². The number of anilines is 1. The number of hydrogen-bond donors (Lipinski definition) is 1. The smallest absolute Gasteiger partial charge is 0.256 e. The van der Waals surface area contributed by atoms with E-state index < -0.39 is 0 Å². The van der Waals surface area contributed by atoms with Crippen molar-refractivity contribution in [3.63, 3.8) is 0 Å². The summed E-state index contributed by atoms with van der Waals surface area (Å²) in [7, 11) is 0. The Balaban J connectivity index is 1.77. The second-order valence-corrected chi connectivity index (χ2v) is 7.59. The minimum atomic E-state index is -0.201. The van der Waals surface area contributed by atoms with Gasteiger partial charge < -0.3 is 5.32 Å². The lowest BCUT2D eigenvalue weighted by atomic mass is 10.1. The molecule has 0 bridgehead atoms. The summed E-state index contributed by atoms with van der Waals surface area (Å²) in [6.45, 7) is 6.32. The molecule has 0 saturated carbocycles. The van der Waals surface area contributed by atoms with Gasteiger partial charge in [-0.25, -0.2) is 9.67 Å². The highest BCUT2D eigenvalue weighted by molar-refractivity contribution is 6.31. The molecule has 146 valence electrons. The molecule has 0 unspecified atom stereocenters. The van der Waals surface area contributed by atoms with Crippen molar-refractivity contribution < 1.29 is 4.79 Å². The maximum absolute atomic E-state index is 13.1. The molecule has 0 spiro atoms. The summed E-state index contributed by atoms with van der Waals surface area (Å²) in [5.74, 6) is -0.201. The number of benzene rings is 2. The van der Waals surface area contributed by atoms with Crippen molar-refractivity contribution in [2.24, 2.45) is 0 Å². The summed E-state index contributed by atoms with van der Waals surface area (Å²) >= 11 is 6.10. The van der Waals surface area contributed by atoms with Crippen LogP contribution in [0.5, 0.6) is 0 Å². The number of amides is 1. The largest absolute Gasteiger partial charge is 0.322 e. The molecule has 2 heterocycles. The molecule has 6 heteroatoms. The molecule has 0 radical (unpaired) electrons. The molecule has 0 atom stereocenters. The van der Waals surface area contributed by atoms with Gasteiger partial charge in [0, 0.05) is 16.4 Å². The predicted molar refractivity (Wildman–Crippen MR) is 117 cm³/mol. The number of nitrogens with zero attached hydrogens (tertiary/aromatic N) is 3. The van der Waals surface area contributed by atoms with Crippen molar-refractivity contribution in [2.45, 2.75) is 27.3 Å². The number of nitrogens with one attached hydrogen (secondary N) is 1. The average Bonchev–Trinajstić information content (AvgIpc) is 3.00. The SMILES string of the molecule is Cc1cc(C(=O)Nc2cc(Cl)ccc2C)c2c(C)nn(Cc3ccccc3)c2n1.